The Labute approximate surface area is 126 Å². The van der Waals surface area contributed by atoms with Crippen LogP contribution >= 0.6 is 11.6 Å². The Morgan fingerprint density at radius 1 is 1.24 bits per heavy atom. The summed E-state index contributed by atoms with van der Waals surface area (Å²) in [5.41, 5.74) is 8.22. The largest absolute Gasteiger partial charge is 0.454 e. The topological polar surface area (TPSA) is 73.6 Å². The zero-order valence-electron chi connectivity index (χ0n) is 11.3. The van der Waals surface area contributed by atoms with Gasteiger partial charge in [0, 0.05) is 23.4 Å². The van der Waals surface area contributed by atoms with Crippen LogP contribution in [0.4, 0.5) is 11.4 Å². The second-order valence-corrected chi connectivity index (χ2v) is 5.12. The standard InChI is InChI=1S/C15H13ClN2O3/c1-8-4-9(2-3-11(8)17)15(19)18-12-6-14-13(5-10(12)16)20-7-21-14/h2-6H,7,17H2,1H3,(H,18,19). The molecule has 1 aliphatic heterocycles. The van der Waals surface area contributed by atoms with Crippen LogP contribution in [-0.4, -0.2) is 12.7 Å². The summed E-state index contributed by atoms with van der Waals surface area (Å²) in [6.45, 7) is 2.00. The molecule has 6 heteroatoms. The van der Waals surface area contributed by atoms with Gasteiger partial charge in [-0.3, -0.25) is 4.79 Å². The number of anilines is 2. The molecule has 108 valence electrons. The highest BCUT2D eigenvalue weighted by Crippen LogP contribution is 2.39. The Bertz CT molecular complexity index is 731. The number of nitrogens with one attached hydrogen (secondary N) is 1. The zero-order chi connectivity index (χ0) is 15.0. The maximum Gasteiger partial charge on any atom is 0.255 e. The fourth-order valence-electron chi connectivity index (χ4n) is 2.02. The van der Waals surface area contributed by atoms with E-state index in [9.17, 15) is 4.79 Å². The van der Waals surface area contributed by atoms with Gasteiger partial charge < -0.3 is 20.5 Å². The first kappa shape index (κ1) is 13.6. The normalized spacial score (nSPS) is 12.3. The van der Waals surface area contributed by atoms with Crippen LogP contribution in [-0.2, 0) is 0 Å². The van der Waals surface area contributed by atoms with Crippen molar-refractivity contribution in [3.05, 3.63) is 46.5 Å². The molecule has 1 amide bonds. The summed E-state index contributed by atoms with van der Waals surface area (Å²) >= 11 is 6.13. The van der Waals surface area contributed by atoms with E-state index < -0.39 is 0 Å². The molecule has 0 spiro atoms. The highest BCUT2D eigenvalue weighted by atomic mass is 35.5. The lowest BCUT2D eigenvalue weighted by Gasteiger charge is -2.09. The molecule has 2 aromatic carbocycles. The number of carbonyl (C=O) groups is 1. The van der Waals surface area contributed by atoms with Crippen LogP contribution in [0.5, 0.6) is 11.5 Å². The number of benzene rings is 2. The number of hydrogen-bond acceptors (Lipinski definition) is 4. The van der Waals surface area contributed by atoms with E-state index in [0.717, 1.165) is 5.56 Å². The Morgan fingerprint density at radius 3 is 2.67 bits per heavy atom. The number of carbonyl (C=O) groups excluding carboxylic acids is 1. The molecule has 0 fully saturated rings. The van der Waals surface area contributed by atoms with Crippen LogP contribution in [0.1, 0.15) is 15.9 Å². The molecule has 1 aliphatic rings. The second-order valence-electron chi connectivity index (χ2n) is 4.71. The average Bonchev–Trinajstić information content (AvgIpc) is 2.89. The number of aryl methyl sites for hydroxylation is 1. The minimum absolute atomic E-state index is 0.153. The van der Waals surface area contributed by atoms with Crippen molar-refractivity contribution < 1.29 is 14.3 Å². The van der Waals surface area contributed by atoms with Gasteiger partial charge in [0.25, 0.3) is 5.91 Å². The van der Waals surface area contributed by atoms with Gasteiger partial charge in [-0.25, -0.2) is 0 Å². The minimum Gasteiger partial charge on any atom is -0.454 e. The molecule has 0 bridgehead atoms. The van der Waals surface area contributed by atoms with E-state index in [-0.39, 0.29) is 12.7 Å². The molecular formula is C15H13ClN2O3. The lowest BCUT2D eigenvalue weighted by Crippen LogP contribution is -2.12. The first-order valence-corrected chi connectivity index (χ1v) is 6.69. The van der Waals surface area contributed by atoms with Gasteiger partial charge in [0.2, 0.25) is 6.79 Å². The van der Waals surface area contributed by atoms with Gasteiger partial charge in [-0.2, -0.15) is 0 Å². The molecule has 0 unspecified atom stereocenters. The molecule has 0 saturated carbocycles. The summed E-state index contributed by atoms with van der Waals surface area (Å²) in [5.74, 6) is 0.864. The van der Waals surface area contributed by atoms with Crippen LogP contribution in [0, 0.1) is 6.92 Å². The Hall–Kier alpha value is -2.40. The number of amides is 1. The third-order valence-electron chi connectivity index (χ3n) is 3.24. The summed E-state index contributed by atoms with van der Waals surface area (Å²) in [4.78, 5) is 12.2. The van der Waals surface area contributed by atoms with Gasteiger partial charge in [0.15, 0.2) is 11.5 Å². The molecule has 3 rings (SSSR count). The third kappa shape index (κ3) is 2.60. The lowest BCUT2D eigenvalue weighted by molar-refractivity contribution is 0.102. The fraction of sp³-hybridized carbons (Fsp3) is 0.133. The molecule has 0 radical (unpaired) electrons. The maximum absolute atomic E-state index is 12.2. The molecule has 0 aromatic heterocycles. The number of nitrogens with two attached hydrogens (primary N) is 1. The first-order chi connectivity index (χ1) is 10.0. The summed E-state index contributed by atoms with van der Waals surface area (Å²) in [5, 5.41) is 3.14. The van der Waals surface area contributed by atoms with Crippen molar-refractivity contribution in [1.29, 1.82) is 0 Å². The predicted molar refractivity (Wildman–Crippen MR) is 81.1 cm³/mol. The quantitative estimate of drug-likeness (QED) is 0.836. The van der Waals surface area contributed by atoms with Crippen molar-refractivity contribution >= 4 is 28.9 Å². The second kappa shape index (κ2) is 5.18. The highest BCUT2D eigenvalue weighted by Gasteiger charge is 2.18. The Balaban J connectivity index is 1.86. The van der Waals surface area contributed by atoms with Crippen LogP contribution < -0.4 is 20.5 Å². The van der Waals surface area contributed by atoms with E-state index >= 15 is 0 Å². The molecule has 21 heavy (non-hydrogen) atoms. The van der Waals surface area contributed by atoms with Crippen molar-refractivity contribution in [3.63, 3.8) is 0 Å². The molecule has 5 nitrogen and oxygen atoms in total. The Morgan fingerprint density at radius 2 is 1.95 bits per heavy atom. The molecular weight excluding hydrogens is 292 g/mol. The number of nitrogen functional groups attached to an aromatic ring is 1. The zero-order valence-corrected chi connectivity index (χ0v) is 12.0. The van der Waals surface area contributed by atoms with Crippen molar-refractivity contribution in [2.75, 3.05) is 17.8 Å². The molecule has 1 heterocycles. The van der Waals surface area contributed by atoms with Gasteiger partial charge in [0.1, 0.15) is 0 Å². The van der Waals surface area contributed by atoms with E-state index in [1.54, 1.807) is 30.3 Å². The van der Waals surface area contributed by atoms with Crippen LogP contribution in [0.3, 0.4) is 0 Å². The number of rotatable bonds is 2. The minimum atomic E-state index is -0.265. The lowest BCUT2D eigenvalue weighted by atomic mass is 10.1. The number of hydrogen-bond donors (Lipinski definition) is 2. The van der Waals surface area contributed by atoms with E-state index in [1.807, 2.05) is 6.92 Å². The highest BCUT2D eigenvalue weighted by molar-refractivity contribution is 6.34. The van der Waals surface area contributed by atoms with Crippen LogP contribution in [0.25, 0.3) is 0 Å². The molecule has 0 atom stereocenters. The third-order valence-corrected chi connectivity index (χ3v) is 3.56. The molecule has 2 aromatic rings. The van der Waals surface area contributed by atoms with Gasteiger partial charge >= 0.3 is 0 Å². The Kier molecular flexibility index (Phi) is 3.35. The first-order valence-electron chi connectivity index (χ1n) is 6.31. The fourth-order valence-corrected chi connectivity index (χ4v) is 2.23. The van der Waals surface area contributed by atoms with E-state index in [4.69, 9.17) is 26.8 Å². The number of ether oxygens (including phenoxy) is 2. The SMILES string of the molecule is Cc1cc(C(=O)Nc2cc3c(cc2Cl)OCO3)ccc1N. The van der Waals surface area contributed by atoms with Gasteiger partial charge in [-0.05, 0) is 30.7 Å². The van der Waals surface area contributed by atoms with Gasteiger partial charge in [-0.1, -0.05) is 11.6 Å². The molecule has 3 N–H and O–H groups in total. The summed E-state index contributed by atoms with van der Waals surface area (Å²) in [6.07, 6.45) is 0. The maximum atomic E-state index is 12.2. The smallest absolute Gasteiger partial charge is 0.255 e. The summed E-state index contributed by atoms with van der Waals surface area (Å²) in [6, 6.07) is 8.36. The summed E-state index contributed by atoms with van der Waals surface area (Å²) in [7, 11) is 0. The molecule has 0 saturated heterocycles. The van der Waals surface area contributed by atoms with Gasteiger partial charge in [-0.15, -0.1) is 0 Å². The van der Waals surface area contributed by atoms with Gasteiger partial charge in [0.05, 0.1) is 10.7 Å². The van der Waals surface area contributed by atoms with E-state index in [1.165, 1.54) is 0 Å². The van der Waals surface area contributed by atoms with Crippen molar-refractivity contribution in [2.24, 2.45) is 0 Å². The monoisotopic (exact) mass is 304 g/mol. The average molecular weight is 305 g/mol. The van der Waals surface area contributed by atoms with Crippen molar-refractivity contribution in [3.8, 4) is 11.5 Å². The molecule has 0 aliphatic carbocycles. The summed E-state index contributed by atoms with van der Waals surface area (Å²) < 4.78 is 10.5. The van der Waals surface area contributed by atoms with Crippen molar-refractivity contribution in [1.82, 2.24) is 0 Å². The van der Waals surface area contributed by atoms with E-state index in [2.05, 4.69) is 5.32 Å². The van der Waals surface area contributed by atoms with Crippen LogP contribution in [0.15, 0.2) is 30.3 Å². The van der Waals surface area contributed by atoms with Crippen molar-refractivity contribution in [2.45, 2.75) is 6.92 Å². The van der Waals surface area contributed by atoms with E-state index in [0.29, 0.717) is 33.5 Å². The van der Waals surface area contributed by atoms with Crippen LogP contribution in [0.2, 0.25) is 5.02 Å². The number of fused-ring (bicyclic) bond motifs is 1. The predicted octanol–water partition coefficient (Wildman–Crippen LogP) is 3.21. The number of halogens is 1.